The third-order valence-corrected chi connectivity index (χ3v) is 2.53. The molecule has 0 spiro atoms. The van der Waals surface area contributed by atoms with Gasteiger partial charge in [-0.3, -0.25) is 14.8 Å². The second kappa shape index (κ2) is 5.14. The summed E-state index contributed by atoms with van der Waals surface area (Å²) in [5.74, 6) is 1.14. The number of carbonyl (C=O) groups excluding carboxylic acids is 1. The number of carbonyl (C=O) groups is 1. The van der Waals surface area contributed by atoms with Crippen molar-refractivity contribution in [3.05, 3.63) is 47.5 Å². The number of rotatable bonds is 3. The van der Waals surface area contributed by atoms with Gasteiger partial charge in [0.25, 0.3) is 5.24 Å². The number of pyridine rings is 2. The summed E-state index contributed by atoms with van der Waals surface area (Å²) in [5.41, 5.74) is 1.86. The molecule has 0 saturated carbocycles. The lowest BCUT2D eigenvalue weighted by atomic mass is 10.3. The normalized spacial score (nSPS) is 10.2. The van der Waals surface area contributed by atoms with Gasteiger partial charge in [-0.2, -0.15) is 0 Å². The van der Waals surface area contributed by atoms with Crippen molar-refractivity contribution in [2.45, 2.75) is 13.8 Å². The smallest absolute Gasteiger partial charge is 0.270 e. The van der Waals surface area contributed by atoms with E-state index >= 15 is 0 Å². The van der Waals surface area contributed by atoms with Crippen LogP contribution in [0.4, 0.5) is 0 Å². The first kappa shape index (κ1) is 12.5. The van der Waals surface area contributed by atoms with Crippen molar-refractivity contribution in [3.8, 4) is 11.5 Å². The highest BCUT2D eigenvalue weighted by atomic mass is 35.5. The number of nitrogens with zero attached hydrogens (tertiary/aromatic N) is 2. The fourth-order valence-corrected chi connectivity index (χ4v) is 1.59. The molecule has 0 N–H and O–H groups in total. The molecule has 0 radical (unpaired) electrons. The van der Waals surface area contributed by atoms with E-state index in [9.17, 15) is 4.79 Å². The molecule has 0 amide bonds. The lowest BCUT2D eigenvalue weighted by molar-refractivity contribution is 0.107. The number of hydrogen-bond donors (Lipinski definition) is 0. The average Bonchev–Trinajstić information content (AvgIpc) is 2.33. The van der Waals surface area contributed by atoms with Crippen LogP contribution in [0.2, 0.25) is 0 Å². The van der Waals surface area contributed by atoms with Gasteiger partial charge in [0.1, 0.15) is 17.2 Å². The van der Waals surface area contributed by atoms with Crippen molar-refractivity contribution < 1.29 is 9.53 Å². The van der Waals surface area contributed by atoms with Crippen molar-refractivity contribution >= 4 is 16.8 Å². The van der Waals surface area contributed by atoms with Gasteiger partial charge in [0.15, 0.2) is 0 Å². The van der Waals surface area contributed by atoms with Crippen LogP contribution in [0, 0.1) is 13.8 Å². The minimum absolute atomic E-state index is 0.159. The van der Waals surface area contributed by atoms with Crippen molar-refractivity contribution in [2.75, 3.05) is 0 Å². The molecule has 0 fully saturated rings. The zero-order valence-electron chi connectivity index (χ0n) is 9.98. The largest absolute Gasteiger partial charge is 0.455 e. The predicted octanol–water partition coefficient (Wildman–Crippen LogP) is 3.26. The molecule has 0 aromatic carbocycles. The second-order valence-corrected chi connectivity index (χ2v) is 4.13. The summed E-state index contributed by atoms with van der Waals surface area (Å²) in [4.78, 5) is 19.1. The SMILES string of the molecule is Cc1ccc(Oc2ccnc(C(=O)Cl)c2)c(C)n1. The summed E-state index contributed by atoms with van der Waals surface area (Å²) in [7, 11) is 0. The molecule has 0 bridgehead atoms. The summed E-state index contributed by atoms with van der Waals surface area (Å²) in [6, 6.07) is 6.84. The van der Waals surface area contributed by atoms with Crippen LogP contribution in [-0.2, 0) is 0 Å². The molecule has 2 heterocycles. The van der Waals surface area contributed by atoms with Gasteiger partial charge in [-0.05, 0) is 43.6 Å². The molecule has 0 aliphatic carbocycles. The monoisotopic (exact) mass is 262 g/mol. The van der Waals surface area contributed by atoms with Crippen molar-refractivity contribution in [1.82, 2.24) is 9.97 Å². The first-order valence-corrected chi connectivity index (χ1v) is 5.72. The van der Waals surface area contributed by atoms with Gasteiger partial charge in [0, 0.05) is 18.0 Å². The molecule has 2 rings (SSSR count). The first-order chi connectivity index (χ1) is 8.56. The Morgan fingerprint density at radius 3 is 2.72 bits per heavy atom. The van der Waals surface area contributed by atoms with Crippen molar-refractivity contribution in [1.29, 1.82) is 0 Å². The minimum atomic E-state index is -0.612. The maximum atomic E-state index is 11.0. The van der Waals surface area contributed by atoms with Crippen LogP contribution in [0.3, 0.4) is 0 Å². The van der Waals surface area contributed by atoms with E-state index < -0.39 is 5.24 Å². The quantitative estimate of drug-likeness (QED) is 0.797. The zero-order chi connectivity index (χ0) is 13.1. The second-order valence-electron chi connectivity index (χ2n) is 3.79. The molecule has 0 unspecified atom stereocenters. The highest BCUT2D eigenvalue weighted by molar-refractivity contribution is 6.67. The van der Waals surface area contributed by atoms with Crippen molar-refractivity contribution in [3.63, 3.8) is 0 Å². The molecule has 0 saturated heterocycles. The van der Waals surface area contributed by atoms with Crippen LogP contribution < -0.4 is 4.74 Å². The standard InChI is InChI=1S/C13H11ClN2O2/c1-8-3-4-12(9(2)16-8)18-10-5-6-15-11(7-10)13(14)17/h3-7H,1-2H3. The van der Waals surface area contributed by atoms with Crippen molar-refractivity contribution in [2.24, 2.45) is 0 Å². The van der Waals surface area contributed by atoms with Gasteiger partial charge in [-0.1, -0.05) is 0 Å². The molecule has 18 heavy (non-hydrogen) atoms. The Balaban J connectivity index is 2.28. The fraction of sp³-hybridized carbons (Fsp3) is 0.154. The number of ether oxygens (including phenoxy) is 1. The van der Waals surface area contributed by atoms with Crippen LogP contribution in [0.1, 0.15) is 21.9 Å². The molecular formula is C13H11ClN2O2. The van der Waals surface area contributed by atoms with E-state index in [0.29, 0.717) is 11.5 Å². The Hall–Kier alpha value is -1.94. The summed E-state index contributed by atoms with van der Waals surface area (Å²) in [5, 5.41) is -0.612. The van der Waals surface area contributed by atoms with Crippen LogP contribution in [0.25, 0.3) is 0 Å². The maximum Gasteiger partial charge on any atom is 0.270 e. The van der Waals surface area contributed by atoms with E-state index in [1.54, 1.807) is 6.07 Å². The van der Waals surface area contributed by atoms with Crippen LogP contribution >= 0.6 is 11.6 Å². The molecular weight excluding hydrogens is 252 g/mol. The molecule has 0 aliphatic rings. The van der Waals surface area contributed by atoms with E-state index in [2.05, 4.69) is 9.97 Å². The Kier molecular flexibility index (Phi) is 3.58. The van der Waals surface area contributed by atoms with Crippen LogP contribution in [0.15, 0.2) is 30.5 Å². The fourth-order valence-electron chi connectivity index (χ4n) is 1.49. The van der Waals surface area contributed by atoms with Gasteiger partial charge in [0.05, 0.1) is 5.69 Å². The third-order valence-electron chi connectivity index (χ3n) is 2.34. The Morgan fingerprint density at radius 1 is 1.28 bits per heavy atom. The number of hydrogen-bond acceptors (Lipinski definition) is 4. The van der Waals surface area contributed by atoms with Gasteiger partial charge >= 0.3 is 0 Å². The van der Waals surface area contributed by atoms with Gasteiger partial charge < -0.3 is 4.74 Å². The summed E-state index contributed by atoms with van der Waals surface area (Å²) >= 11 is 5.36. The molecule has 0 atom stereocenters. The summed E-state index contributed by atoms with van der Waals surface area (Å²) < 4.78 is 5.64. The van der Waals surface area contributed by atoms with Crippen LogP contribution in [-0.4, -0.2) is 15.2 Å². The van der Waals surface area contributed by atoms with Gasteiger partial charge in [-0.15, -0.1) is 0 Å². The topological polar surface area (TPSA) is 52.1 Å². The van der Waals surface area contributed by atoms with Crippen LogP contribution in [0.5, 0.6) is 11.5 Å². The third kappa shape index (κ3) is 2.84. The Labute approximate surface area is 110 Å². The molecule has 2 aromatic rings. The maximum absolute atomic E-state index is 11.0. The van der Waals surface area contributed by atoms with E-state index in [1.807, 2.05) is 26.0 Å². The van der Waals surface area contributed by atoms with E-state index in [0.717, 1.165) is 11.4 Å². The Morgan fingerprint density at radius 2 is 2.06 bits per heavy atom. The lowest BCUT2D eigenvalue weighted by Gasteiger charge is -2.08. The molecule has 2 aromatic heterocycles. The molecule has 92 valence electrons. The Bertz CT molecular complexity index is 599. The van der Waals surface area contributed by atoms with Gasteiger partial charge in [0.2, 0.25) is 0 Å². The minimum Gasteiger partial charge on any atom is -0.455 e. The first-order valence-electron chi connectivity index (χ1n) is 5.34. The number of aryl methyl sites for hydroxylation is 2. The highest BCUT2D eigenvalue weighted by Crippen LogP contribution is 2.24. The number of aromatic nitrogens is 2. The predicted molar refractivity (Wildman–Crippen MR) is 68.2 cm³/mol. The average molecular weight is 263 g/mol. The molecule has 0 aliphatic heterocycles. The molecule has 4 nitrogen and oxygen atoms in total. The molecule has 5 heteroatoms. The lowest BCUT2D eigenvalue weighted by Crippen LogP contribution is -1.96. The van der Waals surface area contributed by atoms with E-state index in [4.69, 9.17) is 16.3 Å². The van der Waals surface area contributed by atoms with Gasteiger partial charge in [-0.25, -0.2) is 0 Å². The summed E-state index contributed by atoms with van der Waals surface area (Å²) in [6.45, 7) is 3.77. The number of halogens is 1. The highest BCUT2D eigenvalue weighted by Gasteiger charge is 2.07. The van der Waals surface area contributed by atoms with E-state index in [1.165, 1.54) is 12.3 Å². The zero-order valence-corrected chi connectivity index (χ0v) is 10.7. The summed E-state index contributed by atoms with van der Waals surface area (Å²) in [6.07, 6.45) is 1.47. The van der Waals surface area contributed by atoms with E-state index in [-0.39, 0.29) is 5.69 Å².